The van der Waals surface area contributed by atoms with Gasteiger partial charge < -0.3 is 0 Å². The van der Waals surface area contributed by atoms with E-state index in [1.165, 1.54) is 19.4 Å². The molecule has 86 valence electrons. The molecule has 1 heteroatoms. The molecule has 2 unspecified atom stereocenters. The molecule has 4 rings (SSSR count). The van der Waals surface area contributed by atoms with Crippen LogP contribution < -0.4 is 0 Å². The number of hydrogen-bond acceptors (Lipinski definition) is 1. The Morgan fingerprint density at radius 3 is 2.44 bits per heavy atom. The van der Waals surface area contributed by atoms with Gasteiger partial charge in [0, 0.05) is 18.1 Å². The van der Waals surface area contributed by atoms with E-state index in [1.54, 1.807) is 11.1 Å². The largest absolute Gasteiger partial charge is 0.291 e. The first kappa shape index (κ1) is 10.3. The van der Waals surface area contributed by atoms with Crippen molar-refractivity contribution in [3.63, 3.8) is 0 Å². The number of benzene rings is 1. The molecule has 0 amide bonds. The van der Waals surface area contributed by atoms with Gasteiger partial charge in [-0.3, -0.25) is 4.90 Å². The zero-order valence-electron chi connectivity index (χ0n) is 10.5. The summed E-state index contributed by atoms with van der Waals surface area (Å²) in [6, 6.07) is 9.73. The first-order chi connectivity index (χ1) is 7.57. The predicted octanol–water partition coefficient (Wildman–Crippen LogP) is 3.72. The van der Waals surface area contributed by atoms with Gasteiger partial charge in [-0.15, -0.1) is 0 Å². The molecular formula is C15H21N. The van der Waals surface area contributed by atoms with Crippen LogP contribution in [0.5, 0.6) is 0 Å². The van der Waals surface area contributed by atoms with Crippen molar-refractivity contribution in [2.24, 2.45) is 0 Å². The van der Waals surface area contributed by atoms with E-state index in [2.05, 4.69) is 49.9 Å². The van der Waals surface area contributed by atoms with Gasteiger partial charge in [0.2, 0.25) is 0 Å². The van der Waals surface area contributed by atoms with Crippen molar-refractivity contribution in [3.8, 4) is 0 Å². The first-order valence-corrected chi connectivity index (χ1v) is 6.43. The Morgan fingerprint density at radius 2 is 1.75 bits per heavy atom. The summed E-state index contributed by atoms with van der Waals surface area (Å²) in [7, 11) is 0. The zero-order valence-corrected chi connectivity index (χ0v) is 10.5. The highest BCUT2D eigenvalue weighted by molar-refractivity contribution is 5.38. The Balaban J connectivity index is 2.05. The van der Waals surface area contributed by atoms with E-state index in [9.17, 15) is 0 Å². The Bertz CT molecular complexity index is 402. The fraction of sp³-hybridized carbons (Fsp3) is 0.600. The van der Waals surface area contributed by atoms with Crippen LogP contribution >= 0.6 is 0 Å². The molecule has 1 fully saturated rings. The first-order valence-electron chi connectivity index (χ1n) is 6.43. The van der Waals surface area contributed by atoms with Gasteiger partial charge in [0.15, 0.2) is 0 Å². The molecule has 0 spiro atoms. The fourth-order valence-electron chi connectivity index (χ4n) is 3.48. The van der Waals surface area contributed by atoms with E-state index >= 15 is 0 Å². The second-order valence-electron chi connectivity index (χ2n) is 6.24. The van der Waals surface area contributed by atoms with Crippen molar-refractivity contribution < 1.29 is 0 Å². The highest BCUT2D eigenvalue weighted by Crippen LogP contribution is 2.48. The molecule has 0 N–H and O–H groups in total. The highest BCUT2D eigenvalue weighted by atomic mass is 15.2. The summed E-state index contributed by atoms with van der Waals surface area (Å²) in [4.78, 5) is 2.70. The van der Waals surface area contributed by atoms with E-state index < -0.39 is 0 Å². The lowest BCUT2D eigenvalue weighted by molar-refractivity contribution is 0.0269. The summed E-state index contributed by atoms with van der Waals surface area (Å²) in [5, 5.41) is 0. The molecule has 16 heavy (non-hydrogen) atoms. The van der Waals surface area contributed by atoms with Gasteiger partial charge in [-0.2, -0.15) is 0 Å². The molecule has 0 radical (unpaired) electrons. The average molecular weight is 215 g/mol. The van der Waals surface area contributed by atoms with Gasteiger partial charge in [-0.25, -0.2) is 0 Å². The van der Waals surface area contributed by atoms with Gasteiger partial charge in [-0.05, 0) is 50.7 Å². The Kier molecular flexibility index (Phi) is 2.16. The molecular weight excluding hydrogens is 194 g/mol. The molecule has 2 heterocycles. The fourth-order valence-corrected chi connectivity index (χ4v) is 3.48. The monoisotopic (exact) mass is 215 g/mol. The molecule has 1 aromatic carbocycles. The van der Waals surface area contributed by atoms with Crippen molar-refractivity contribution in [1.29, 1.82) is 0 Å². The van der Waals surface area contributed by atoms with Crippen LogP contribution in [0.25, 0.3) is 0 Å². The molecule has 2 atom stereocenters. The lowest BCUT2D eigenvalue weighted by atomic mass is 9.73. The normalized spacial score (nSPS) is 29.2. The maximum Gasteiger partial charge on any atom is 0.0356 e. The SMILES string of the molecule is CC(C)(C)N1CC2CCC1c1ccccc12. The van der Waals surface area contributed by atoms with Gasteiger partial charge in [0.1, 0.15) is 0 Å². The van der Waals surface area contributed by atoms with Crippen molar-refractivity contribution in [2.75, 3.05) is 6.54 Å². The van der Waals surface area contributed by atoms with Crippen LogP contribution in [0.15, 0.2) is 24.3 Å². The quantitative estimate of drug-likeness (QED) is 0.637. The van der Waals surface area contributed by atoms with Crippen LogP contribution in [0.1, 0.15) is 56.7 Å². The van der Waals surface area contributed by atoms with Gasteiger partial charge in [0.25, 0.3) is 0 Å². The standard InChI is InChI=1S/C15H21N/c1-15(2,3)16-10-11-8-9-14(16)13-7-5-4-6-12(11)13/h4-7,11,14H,8-10H2,1-3H3. The molecule has 1 aromatic rings. The number of nitrogens with zero attached hydrogens (tertiary/aromatic N) is 1. The molecule has 3 aliphatic rings. The van der Waals surface area contributed by atoms with Crippen molar-refractivity contribution in [3.05, 3.63) is 35.4 Å². The van der Waals surface area contributed by atoms with Crippen LogP contribution in [0.4, 0.5) is 0 Å². The average Bonchev–Trinajstić information content (AvgIpc) is 2.29. The smallest absolute Gasteiger partial charge is 0.0356 e. The highest BCUT2D eigenvalue weighted by Gasteiger charge is 2.41. The van der Waals surface area contributed by atoms with E-state index in [0.29, 0.717) is 11.6 Å². The van der Waals surface area contributed by atoms with Gasteiger partial charge >= 0.3 is 0 Å². The van der Waals surface area contributed by atoms with Crippen molar-refractivity contribution >= 4 is 0 Å². The van der Waals surface area contributed by atoms with Crippen LogP contribution in [0.3, 0.4) is 0 Å². The van der Waals surface area contributed by atoms with Gasteiger partial charge in [0.05, 0.1) is 0 Å². The number of fused-ring (bicyclic) bond motifs is 2. The molecule has 2 aliphatic heterocycles. The maximum atomic E-state index is 2.70. The topological polar surface area (TPSA) is 3.24 Å². The third-order valence-corrected chi connectivity index (χ3v) is 4.24. The summed E-state index contributed by atoms with van der Waals surface area (Å²) >= 11 is 0. The Labute approximate surface area is 98.5 Å². The third kappa shape index (κ3) is 1.41. The summed E-state index contributed by atoms with van der Waals surface area (Å²) in [5.41, 5.74) is 3.52. The third-order valence-electron chi connectivity index (χ3n) is 4.24. The van der Waals surface area contributed by atoms with Crippen LogP contribution in [0, 0.1) is 0 Å². The van der Waals surface area contributed by atoms with E-state index in [-0.39, 0.29) is 0 Å². The van der Waals surface area contributed by atoms with Crippen LogP contribution in [0.2, 0.25) is 0 Å². The van der Waals surface area contributed by atoms with Gasteiger partial charge in [-0.1, -0.05) is 24.3 Å². The summed E-state index contributed by atoms with van der Waals surface area (Å²) in [6.07, 6.45) is 2.73. The minimum Gasteiger partial charge on any atom is -0.291 e. The molecule has 1 nitrogen and oxygen atoms in total. The number of piperidine rings is 1. The van der Waals surface area contributed by atoms with Crippen LogP contribution in [-0.4, -0.2) is 17.0 Å². The minimum atomic E-state index is 0.302. The van der Waals surface area contributed by atoms with Crippen molar-refractivity contribution in [1.82, 2.24) is 4.90 Å². The lowest BCUT2D eigenvalue weighted by Crippen LogP contribution is -2.51. The number of rotatable bonds is 0. The Morgan fingerprint density at radius 1 is 1.06 bits per heavy atom. The van der Waals surface area contributed by atoms with E-state index in [4.69, 9.17) is 0 Å². The summed E-state index contributed by atoms with van der Waals surface area (Å²) in [5.74, 6) is 0.778. The van der Waals surface area contributed by atoms with E-state index in [0.717, 1.165) is 5.92 Å². The van der Waals surface area contributed by atoms with Crippen LogP contribution in [-0.2, 0) is 0 Å². The zero-order chi connectivity index (χ0) is 11.3. The van der Waals surface area contributed by atoms with Crippen molar-refractivity contribution in [2.45, 2.75) is 51.1 Å². The molecule has 1 saturated heterocycles. The lowest BCUT2D eigenvalue weighted by Gasteiger charge is -2.52. The minimum absolute atomic E-state index is 0.302. The number of hydrogen-bond donors (Lipinski definition) is 0. The molecule has 1 aliphatic carbocycles. The summed E-state index contributed by atoms with van der Waals surface area (Å²) in [6.45, 7) is 8.29. The predicted molar refractivity (Wildman–Crippen MR) is 67.6 cm³/mol. The second kappa shape index (κ2) is 3.33. The molecule has 0 aromatic heterocycles. The maximum absolute atomic E-state index is 2.70. The molecule has 0 saturated carbocycles. The Hall–Kier alpha value is -0.820. The summed E-state index contributed by atoms with van der Waals surface area (Å²) < 4.78 is 0. The second-order valence-corrected chi connectivity index (χ2v) is 6.24. The van der Waals surface area contributed by atoms with E-state index in [1.807, 2.05) is 0 Å². The molecule has 2 bridgehead atoms.